The van der Waals surface area contributed by atoms with Crippen molar-refractivity contribution in [2.75, 3.05) is 5.32 Å². The SMILES string of the molecule is CC(C(=O)Nc1ccc(O)cc1)n1cnc2scc(-c3ccc(F)cc3)c2c1=O. The van der Waals surface area contributed by atoms with Crippen molar-refractivity contribution in [2.45, 2.75) is 13.0 Å². The van der Waals surface area contributed by atoms with Gasteiger partial charge in [0.05, 0.1) is 11.7 Å². The predicted octanol–water partition coefficient (Wildman–Crippen LogP) is 4.17. The van der Waals surface area contributed by atoms with Crippen molar-refractivity contribution in [3.05, 3.63) is 76.4 Å². The van der Waals surface area contributed by atoms with Crippen molar-refractivity contribution >= 4 is 33.1 Å². The Bertz CT molecular complexity index is 1250. The standard InChI is InChI=1S/C21H16FN3O3S/c1-12(19(27)24-15-6-8-16(26)9-7-15)25-11-23-20-18(21(25)28)17(10-29-20)13-2-4-14(22)5-3-13/h2-12,26H,1H3,(H,24,27). The molecule has 0 fully saturated rings. The van der Waals surface area contributed by atoms with Crippen LogP contribution in [0.3, 0.4) is 0 Å². The second-order valence-corrected chi connectivity index (χ2v) is 7.36. The number of anilines is 1. The Morgan fingerprint density at radius 3 is 2.55 bits per heavy atom. The first-order valence-corrected chi connectivity index (χ1v) is 9.66. The Kier molecular flexibility index (Phi) is 4.85. The third-order valence-corrected chi connectivity index (χ3v) is 5.49. The minimum atomic E-state index is -0.811. The number of carbonyl (C=O) groups excluding carboxylic acids is 1. The molecular formula is C21H16FN3O3S. The van der Waals surface area contributed by atoms with Crippen molar-refractivity contribution in [3.63, 3.8) is 0 Å². The number of thiophene rings is 1. The Morgan fingerprint density at radius 1 is 1.17 bits per heavy atom. The zero-order valence-electron chi connectivity index (χ0n) is 15.3. The third-order valence-electron chi connectivity index (χ3n) is 4.61. The lowest BCUT2D eigenvalue weighted by atomic mass is 10.1. The van der Waals surface area contributed by atoms with Crippen molar-refractivity contribution in [2.24, 2.45) is 0 Å². The summed E-state index contributed by atoms with van der Waals surface area (Å²) in [4.78, 5) is 30.6. The zero-order chi connectivity index (χ0) is 20.5. The van der Waals surface area contributed by atoms with Crippen molar-refractivity contribution < 1.29 is 14.3 Å². The highest BCUT2D eigenvalue weighted by molar-refractivity contribution is 7.17. The van der Waals surface area contributed by atoms with Crippen LogP contribution < -0.4 is 10.9 Å². The van der Waals surface area contributed by atoms with E-state index in [4.69, 9.17) is 0 Å². The van der Waals surface area contributed by atoms with Crippen molar-refractivity contribution in [3.8, 4) is 16.9 Å². The van der Waals surface area contributed by atoms with Gasteiger partial charge in [-0.2, -0.15) is 0 Å². The number of phenols is 1. The number of amides is 1. The summed E-state index contributed by atoms with van der Waals surface area (Å²) in [6, 6.07) is 11.1. The summed E-state index contributed by atoms with van der Waals surface area (Å²) in [5.41, 5.74) is 1.52. The lowest BCUT2D eigenvalue weighted by Crippen LogP contribution is -2.31. The molecule has 6 nitrogen and oxygen atoms in total. The largest absolute Gasteiger partial charge is 0.508 e. The predicted molar refractivity (Wildman–Crippen MR) is 111 cm³/mol. The van der Waals surface area contributed by atoms with Crippen LogP contribution in [0.2, 0.25) is 0 Å². The fourth-order valence-corrected chi connectivity index (χ4v) is 3.89. The molecule has 2 heterocycles. The van der Waals surface area contributed by atoms with E-state index in [1.54, 1.807) is 36.6 Å². The van der Waals surface area contributed by atoms with E-state index < -0.39 is 11.9 Å². The number of nitrogens with zero attached hydrogens (tertiary/aromatic N) is 2. The average Bonchev–Trinajstić information content (AvgIpc) is 3.15. The first kappa shape index (κ1) is 18.8. The molecule has 0 bridgehead atoms. The number of hydrogen-bond acceptors (Lipinski definition) is 5. The van der Waals surface area contributed by atoms with Crippen LogP contribution in [0.15, 0.2) is 65.0 Å². The number of halogens is 1. The summed E-state index contributed by atoms with van der Waals surface area (Å²) in [6.07, 6.45) is 1.36. The van der Waals surface area contributed by atoms with Gasteiger partial charge in [0, 0.05) is 16.6 Å². The Labute approximate surface area is 168 Å². The molecular weight excluding hydrogens is 393 g/mol. The first-order valence-electron chi connectivity index (χ1n) is 8.78. The van der Waals surface area contributed by atoms with Crippen LogP contribution in [0.1, 0.15) is 13.0 Å². The van der Waals surface area contributed by atoms with Gasteiger partial charge < -0.3 is 10.4 Å². The summed E-state index contributed by atoms with van der Waals surface area (Å²) >= 11 is 1.32. The highest BCUT2D eigenvalue weighted by atomic mass is 32.1. The molecule has 1 amide bonds. The quantitative estimate of drug-likeness (QED) is 0.496. The second-order valence-electron chi connectivity index (χ2n) is 6.51. The number of rotatable bonds is 4. The van der Waals surface area contributed by atoms with Gasteiger partial charge in [-0.15, -0.1) is 11.3 Å². The lowest BCUT2D eigenvalue weighted by Gasteiger charge is -2.15. The van der Waals surface area contributed by atoms with E-state index in [0.717, 1.165) is 0 Å². The maximum Gasteiger partial charge on any atom is 0.263 e. The van der Waals surface area contributed by atoms with Crippen LogP contribution in [0.5, 0.6) is 5.75 Å². The van der Waals surface area contributed by atoms with Crippen molar-refractivity contribution in [1.29, 1.82) is 0 Å². The summed E-state index contributed by atoms with van der Waals surface area (Å²) in [5.74, 6) is -0.659. The molecule has 1 atom stereocenters. The Balaban J connectivity index is 1.70. The minimum absolute atomic E-state index is 0.0905. The van der Waals surface area contributed by atoms with Crippen LogP contribution in [0, 0.1) is 5.82 Å². The molecule has 2 aromatic heterocycles. The van der Waals surface area contributed by atoms with Gasteiger partial charge in [-0.05, 0) is 48.9 Å². The topological polar surface area (TPSA) is 84.2 Å². The van der Waals surface area contributed by atoms with Crippen LogP contribution in [-0.4, -0.2) is 20.6 Å². The zero-order valence-corrected chi connectivity index (χ0v) is 16.1. The van der Waals surface area contributed by atoms with Crippen LogP contribution in [-0.2, 0) is 4.79 Å². The smallest absolute Gasteiger partial charge is 0.263 e. The fraction of sp³-hybridized carbons (Fsp3) is 0.0952. The molecule has 4 rings (SSSR count). The molecule has 2 aromatic carbocycles. The van der Waals surface area contributed by atoms with Crippen molar-refractivity contribution in [1.82, 2.24) is 9.55 Å². The molecule has 0 aliphatic heterocycles. The molecule has 0 radical (unpaired) electrons. The average molecular weight is 409 g/mol. The second kappa shape index (κ2) is 7.48. The van der Waals surface area contributed by atoms with E-state index in [0.29, 0.717) is 27.0 Å². The molecule has 8 heteroatoms. The number of aromatic nitrogens is 2. The summed E-state index contributed by atoms with van der Waals surface area (Å²) in [7, 11) is 0. The van der Waals surface area contributed by atoms with E-state index in [2.05, 4.69) is 10.3 Å². The molecule has 0 spiro atoms. The van der Waals surface area contributed by atoms with Gasteiger partial charge in [0.25, 0.3) is 5.56 Å². The molecule has 0 saturated carbocycles. The van der Waals surface area contributed by atoms with Gasteiger partial charge in [0.1, 0.15) is 22.4 Å². The monoisotopic (exact) mass is 409 g/mol. The maximum absolute atomic E-state index is 13.2. The fourth-order valence-electron chi connectivity index (χ4n) is 2.98. The van der Waals surface area contributed by atoms with Gasteiger partial charge in [0.2, 0.25) is 5.91 Å². The minimum Gasteiger partial charge on any atom is -0.508 e. The molecule has 2 N–H and O–H groups in total. The molecule has 0 aliphatic rings. The molecule has 0 aliphatic carbocycles. The number of aromatic hydroxyl groups is 1. The normalized spacial score (nSPS) is 12.1. The number of hydrogen-bond donors (Lipinski definition) is 2. The molecule has 1 unspecified atom stereocenters. The van der Waals surface area contributed by atoms with Gasteiger partial charge in [-0.3, -0.25) is 14.2 Å². The van der Waals surface area contributed by atoms with Gasteiger partial charge in [-0.25, -0.2) is 9.37 Å². The third kappa shape index (κ3) is 3.62. The number of phenolic OH excluding ortho intramolecular Hbond substituents is 1. The highest BCUT2D eigenvalue weighted by Crippen LogP contribution is 2.31. The Morgan fingerprint density at radius 2 is 1.86 bits per heavy atom. The van der Waals surface area contributed by atoms with E-state index in [9.17, 15) is 19.1 Å². The van der Waals surface area contributed by atoms with Gasteiger partial charge in [0.15, 0.2) is 0 Å². The van der Waals surface area contributed by atoms with Gasteiger partial charge in [-0.1, -0.05) is 12.1 Å². The van der Waals surface area contributed by atoms with Crippen LogP contribution in [0.25, 0.3) is 21.3 Å². The van der Waals surface area contributed by atoms with Crippen LogP contribution >= 0.6 is 11.3 Å². The highest BCUT2D eigenvalue weighted by Gasteiger charge is 2.20. The molecule has 4 aromatic rings. The van der Waals surface area contributed by atoms with E-state index in [-0.39, 0.29) is 17.1 Å². The molecule has 29 heavy (non-hydrogen) atoms. The lowest BCUT2D eigenvalue weighted by molar-refractivity contribution is -0.118. The number of nitrogens with one attached hydrogen (secondary N) is 1. The van der Waals surface area contributed by atoms with E-state index >= 15 is 0 Å². The first-order chi connectivity index (χ1) is 13.9. The Hall–Kier alpha value is -3.52. The van der Waals surface area contributed by atoms with E-state index in [1.807, 2.05) is 0 Å². The number of carbonyl (C=O) groups is 1. The molecule has 0 saturated heterocycles. The summed E-state index contributed by atoms with van der Waals surface area (Å²) in [5, 5.41) is 14.3. The van der Waals surface area contributed by atoms with E-state index in [1.165, 1.54) is 46.5 Å². The molecule has 146 valence electrons. The maximum atomic E-state index is 13.2. The number of benzene rings is 2. The summed E-state index contributed by atoms with van der Waals surface area (Å²) in [6.45, 7) is 1.61. The summed E-state index contributed by atoms with van der Waals surface area (Å²) < 4.78 is 14.5. The van der Waals surface area contributed by atoms with Crippen LogP contribution in [0.4, 0.5) is 10.1 Å². The van der Waals surface area contributed by atoms with Gasteiger partial charge >= 0.3 is 0 Å². The number of fused-ring (bicyclic) bond motifs is 1.